The predicted octanol–water partition coefficient (Wildman–Crippen LogP) is 4.22. The van der Waals surface area contributed by atoms with Crippen molar-refractivity contribution in [1.82, 2.24) is 0 Å². The molecule has 0 saturated carbocycles. The molecule has 0 spiro atoms. The van der Waals surface area contributed by atoms with Crippen molar-refractivity contribution in [3.8, 4) is 11.5 Å². The Kier molecular flexibility index (Phi) is 5.44. The molecule has 2 aromatic carbocycles. The van der Waals surface area contributed by atoms with Gasteiger partial charge in [-0.15, -0.1) is 0 Å². The monoisotopic (exact) mass is 364 g/mol. The number of aryl methyl sites for hydroxylation is 2. The maximum Gasteiger partial charge on any atom is 0.335 e. The fourth-order valence-electron chi connectivity index (χ4n) is 2.02. The molecule has 0 aliphatic rings. The van der Waals surface area contributed by atoms with E-state index in [1.807, 2.05) is 26.0 Å². The Morgan fingerprint density at radius 2 is 1.68 bits per heavy atom. The van der Waals surface area contributed by atoms with Crippen molar-refractivity contribution in [3.05, 3.63) is 57.6 Å². The number of rotatable bonds is 6. The molecule has 0 unspecified atom stereocenters. The second-order valence-electron chi connectivity index (χ2n) is 4.92. The SMILES string of the molecule is Cc1ccc(OCCOc2ccc(C(=O)O)cc2Br)c(C)c1. The van der Waals surface area contributed by atoms with E-state index in [1.54, 1.807) is 6.07 Å². The van der Waals surface area contributed by atoms with Gasteiger partial charge in [-0.3, -0.25) is 0 Å². The molecule has 0 aliphatic heterocycles. The summed E-state index contributed by atoms with van der Waals surface area (Å²) in [7, 11) is 0. The summed E-state index contributed by atoms with van der Waals surface area (Å²) in [4.78, 5) is 10.9. The van der Waals surface area contributed by atoms with Gasteiger partial charge in [-0.25, -0.2) is 4.79 Å². The standard InChI is InChI=1S/C17H17BrO4/c1-11-3-5-15(12(2)9-11)21-7-8-22-16-6-4-13(17(19)20)10-14(16)18/h3-6,9-10H,7-8H2,1-2H3,(H,19,20). The minimum Gasteiger partial charge on any atom is -0.490 e. The van der Waals surface area contributed by atoms with E-state index < -0.39 is 5.97 Å². The summed E-state index contributed by atoms with van der Waals surface area (Å²) in [5.74, 6) is 0.467. The quantitative estimate of drug-likeness (QED) is 0.779. The van der Waals surface area contributed by atoms with Crippen LogP contribution in [0.2, 0.25) is 0 Å². The van der Waals surface area contributed by atoms with Crippen LogP contribution < -0.4 is 9.47 Å². The van der Waals surface area contributed by atoms with E-state index in [0.29, 0.717) is 23.4 Å². The molecule has 0 aliphatic carbocycles. The number of halogens is 1. The molecule has 0 saturated heterocycles. The third-order valence-corrected chi connectivity index (χ3v) is 3.73. The second kappa shape index (κ2) is 7.31. The van der Waals surface area contributed by atoms with Gasteiger partial charge in [-0.1, -0.05) is 17.7 Å². The maximum absolute atomic E-state index is 10.9. The summed E-state index contributed by atoms with van der Waals surface area (Å²) in [5, 5.41) is 8.90. The molecule has 5 heteroatoms. The minimum absolute atomic E-state index is 0.214. The lowest BCUT2D eigenvalue weighted by molar-refractivity contribution is 0.0696. The molecule has 0 fully saturated rings. The summed E-state index contributed by atoms with van der Waals surface area (Å²) < 4.78 is 11.9. The van der Waals surface area contributed by atoms with Crippen LogP contribution in [-0.2, 0) is 0 Å². The molecule has 0 radical (unpaired) electrons. The molecular formula is C17H17BrO4. The van der Waals surface area contributed by atoms with Crippen molar-refractivity contribution in [2.24, 2.45) is 0 Å². The van der Waals surface area contributed by atoms with Gasteiger partial charge in [0.25, 0.3) is 0 Å². The van der Waals surface area contributed by atoms with E-state index in [9.17, 15) is 4.79 Å². The van der Waals surface area contributed by atoms with Crippen molar-refractivity contribution >= 4 is 21.9 Å². The number of carbonyl (C=O) groups is 1. The lowest BCUT2D eigenvalue weighted by atomic mass is 10.1. The molecule has 1 N–H and O–H groups in total. The van der Waals surface area contributed by atoms with E-state index >= 15 is 0 Å². The first kappa shape index (κ1) is 16.4. The fraction of sp³-hybridized carbons (Fsp3) is 0.235. The lowest BCUT2D eigenvalue weighted by Crippen LogP contribution is -2.10. The zero-order valence-electron chi connectivity index (χ0n) is 12.4. The van der Waals surface area contributed by atoms with Gasteiger partial charge in [-0.2, -0.15) is 0 Å². The number of hydrogen-bond donors (Lipinski definition) is 1. The van der Waals surface area contributed by atoms with Gasteiger partial charge in [0.2, 0.25) is 0 Å². The van der Waals surface area contributed by atoms with Crippen molar-refractivity contribution in [2.45, 2.75) is 13.8 Å². The first-order chi connectivity index (χ1) is 10.5. The van der Waals surface area contributed by atoms with Crippen molar-refractivity contribution in [3.63, 3.8) is 0 Å². The van der Waals surface area contributed by atoms with Gasteiger partial charge in [0, 0.05) is 0 Å². The van der Waals surface area contributed by atoms with Gasteiger partial charge in [0.05, 0.1) is 10.0 Å². The average Bonchev–Trinajstić information content (AvgIpc) is 2.46. The van der Waals surface area contributed by atoms with Crippen molar-refractivity contribution in [2.75, 3.05) is 13.2 Å². The Balaban J connectivity index is 1.87. The van der Waals surface area contributed by atoms with E-state index in [1.165, 1.54) is 17.7 Å². The van der Waals surface area contributed by atoms with Crippen molar-refractivity contribution in [1.29, 1.82) is 0 Å². The zero-order chi connectivity index (χ0) is 16.1. The number of carboxylic acids is 1. The Labute approximate surface area is 137 Å². The van der Waals surface area contributed by atoms with Crippen LogP contribution in [0.3, 0.4) is 0 Å². The van der Waals surface area contributed by atoms with Crippen LogP contribution in [-0.4, -0.2) is 24.3 Å². The molecule has 0 bridgehead atoms. The molecule has 4 nitrogen and oxygen atoms in total. The second-order valence-corrected chi connectivity index (χ2v) is 5.77. The van der Waals surface area contributed by atoms with Crippen molar-refractivity contribution < 1.29 is 19.4 Å². The van der Waals surface area contributed by atoms with Crippen LogP contribution in [0.25, 0.3) is 0 Å². The number of hydrogen-bond acceptors (Lipinski definition) is 3. The van der Waals surface area contributed by atoms with Crippen LogP contribution in [0.15, 0.2) is 40.9 Å². The highest BCUT2D eigenvalue weighted by Gasteiger charge is 2.07. The summed E-state index contributed by atoms with van der Waals surface area (Å²) in [6.07, 6.45) is 0. The Morgan fingerprint density at radius 3 is 2.27 bits per heavy atom. The smallest absolute Gasteiger partial charge is 0.335 e. The van der Waals surface area contributed by atoms with E-state index in [0.717, 1.165) is 11.3 Å². The molecule has 0 heterocycles. The zero-order valence-corrected chi connectivity index (χ0v) is 14.0. The predicted molar refractivity (Wildman–Crippen MR) is 88.0 cm³/mol. The van der Waals surface area contributed by atoms with Crippen LogP contribution in [0.1, 0.15) is 21.5 Å². The number of ether oxygens (including phenoxy) is 2. The summed E-state index contributed by atoms with van der Waals surface area (Å²) in [6.45, 7) is 4.83. The normalized spacial score (nSPS) is 10.3. The number of benzene rings is 2. The molecule has 2 rings (SSSR count). The van der Waals surface area contributed by atoms with Gasteiger partial charge in [0.15, 0.2) is 0 Å². The Bertz CT molecular complexity index is 682. The Morgan fingerprint density at radius 1 is 1.05 bits per heavy atom. The first-order valence-corrected chi connectivity index (χ1v) is 7.62. The summed E-state index contributed by atoms with van der Waals surface area (Å²) in [5.41, 5.74) is 2.50. The first-order valence-electron chi connectivity index (χ1n) is 6.83. The van der Waals surface area contributed by atoms with Gasteiger partial charge in [-0.05, 0) is 59.6 Å². The van der Waals surface area contributed by atoms with E-state index in [-0.39, 0.29) is 5.56 Å². The molecule has 22 heavy (non-hydrogen) atoms. The highest BCUT2D eigenvalue weighted by molar-refractivity contribution is 9.10. The summed E-state index contributed by atoms with van der Waals surface area (Å²) in [6, 6.07) is 10.7. The van der Waals surface area contributed by atoms with Crippen LogP contribution in [0.4, 0.5) is 0 Å². The van der Waals surface area contributed by atoms with Gasteiger partial charge >= 0.3 is 5.97 Å². The maximum atomic E-state index is 10.9. The molecule has 0 aromatic heterocycles. The molecule has 0 atom stereocenters. The van der Waals surface area contributed by atoms with E-state index in [4.69, 9.17) is 14.6 Å². The molecule has 0 amide bonds. The van der Waals surface area contributed by atoms with Gasteiger partial charge < -0.3 is 14.6 Å². The van der Waals surface area contributed by atoms with Crippen LogP contribution in [0.5, 0.6) is 11.5 Å². The largest absolute Gasteiger partial charge is 0.490 e. The van der Waals surface area contributed by atoms with E-state index in [2.05, 4.69) is 22.0 Å². The highest BCUT2D eigenvalue weighted by Crippen LogP contribution is 2.26. The third-order valence-electron chi connectivity index (χ3n) is 3.11. The average molecular weight is 365 g/mol. The number of aromatic carboxylic acids is 1. The molecule has 116 valence electrons. The molecular weight excluding hydrogens is 348 g/mol. The highest BCUT2D eigenvalue weighted by atomic mass is 79.9. The van der Waals surface area contributed by atoms with Crippen LogP contribution in [0, 0.1) is 13.8 Å². The third kappa shape index (κ3) is 4.24. The minimum atomic E-state index is -0.967. The Hall–Kier alpha value is -2.01. The van der Waals surface area contributed by atoms with Gasteiger partial charge in [0.1, 0.15) is 24.7 Å². The topological polar surface area (TPSA) is 55.8 Å². The summed E-state index contributed by atoms with van der Waals surface area (Å²) >= 11 is 3.30. The lowest BCUT2D eigenvalue weighted by Gasteiger charge is -2.12. The molecule has 2 aromatic rings. The number of carboxylic acid groups (broad SMARTS) is 1. The van der Waals surface area contributed by atoms with Crippen LogP contribution >= 0.6 is 15.9 Å². The fourth-order valence-corrected chi connectivity index (χ4v) is 2.51.